The van der Waals surface area contributed by atoms with Crippen molar-refractivity contribution < 1.29 is 13.9 Å². The number of para-hydroxylation sites is 1. The summed E-state index contributed by atoms with van der Waals surface area (Å²) in [6.07, 6.45) is 0.350. The van der Waals surface area contributed by atoms with Crippen molar-refractivity contribution in [3.05, 3.63) is 89.6 Å². The van der Waals surface area contributed by atoms with Crippen LogP contribution >= 0.6 is 11.6 Å². The van der Waals surface area contributed by atoms with Gasteiger partial charge in [-0.15, -0.1) is 0 Å². The van der Waals surface area contributed by atoms with Gasteiger partial charge < -0.3 is 14.5 Å². The minimum absolute atomic E-state index is 0.0219. The van der Waals surface area contributed by atoms with Gasteiger partial charge in [0.05, 0.1) is 0 Å². The van der Waals surface area contributed by atoms with Gasteiger partial charge in [-0.25, -0.2) is 0 Å². The zero-order valence-corrected chi connectivity index (χ0v) is 15.8. The quantitative estimate of drug-likeness (QED) is 0.362. The molecule has 0 aliphatic carbocycles. The minimum Gasteiger partial charge on any atom is -0.457 e. The Labute approximate surface area is 167 Å². The summed E-state index contributed by atoms with van der Waals surface area (Å²) in [5.41, 5.74) is 1.65. The van der Waals surface area contributed by atoms with E-state index in [1.54, 1.807) is 18.2 Å². The molecule has 1 aromatic heterocycles. The van der Waals surface area contributed by atoms with Gasteiger partial charge in [-0.1, -0.05) is 29.8 Å². The third-order valence-electron chi connectivity index (χ3n) is 4.29. The highest BCUT2D eigenvalue weighted by Gasteiger charge is 2.11. The second-order valence-corrected chi connectivity index (χ2v) is 6.77. The molecule has 0 unspecified atom stereocenters. The van der Waals surface area contributed by atoms with Crippen molar-refractivity contribution in [3.63, 3.8) is 0 Å². The molecule has 0 amide bonds. The van der Waals surface area contributed by atoms with E-state index in [2.05, 4.69) is 5.32 Å². The van der Waals surface area contributed by atoms with Crippen molar-refractivity contribution in [1.82, 2.24) is 0 Å². The Balaban J connectivity index is 1.29. The van der Waals surface area contributed by atoms with E-state index in [1.165, 1.54) is 0 Å². The lowest BCUT2D eigenvalue weighted by atomic mass is 10.2. The second-order valence-electron chi connectivity index (χ2n) is 6.33. The maximum absolute atomic E-state index is 12.3. The van der Waals surface area contributed by atoms with Gasteiger partial charge in [0.15, 0.2) is 11.5 Å². The maximum atomic E-state index is 12.3. The molecule has 3 aromatic carbocycles. The highest BCUT2D eigenvalue weighted by Crippen LogP contribution is 2.24. The van der Waals surface area contributed by atoms with Crippen LogP contribution in [0.3, 0.4) is 0 Å². The Hall–Kier alpha value is -3.24. The summed E-state index contributed by atoms with van der Waals surface area (Å²) in [6, 6.07) is 24.2. The minimum atomic E-state index is -0.0219. The average molecular weight is 392 g/mol. The van der Waals surface area contributed by atoms with Gasteiger partial charge in [0.2, 0.25) is 0 Å². The first-order valence-corrected chi connectivity index (χ1v) is 9.34. The molecule has 0 spiro atoms. The van der Waals surface area contributed by atoms with E-state index in [0.29, 0.717) is 23.7 Å². The number of furan rings is 1. The number of fused-ring (bicyclic) bond motifs is 1. The maximum Gasteiger partial charge on any atom is 0.199 e. The Kier molecular flexibility index (Phi) is 5.31. The molecule has 0 bridgehead atoms. The normalized spacial score (nSPS) is 10.8. The number of hydrogen-bond donors (Lipinski definition) is 1. The number of carbonyl (C=O) groups excluding carboxylic acids is 1. The predicted molar refractivity (Wildman–Crippen MR) is 112 cm³/mol. The van der Waals surface area contributed by atoms with E-state index >= 15 is 0 Å². The van der Waals surface area contributed by atoms with Crippen LogP contribution in [0.25, 0.3) is 11.0 Å². The smallest absolute Gasteiger partial charge is 0.199 e. The number of benzene rings is 3. The summed E-state index contributed by atoms with van der Waals surface area (Å²) in [5.74, 6) is 1.83. The second kappa shape index (κ2) is 8.19. The van der Waals surface area contributed by atoms with Crippen LogP contribution in [-0.4, -0.2) is 12.3 Å². The molecule has 4 rings (SSSR count). The molecule has 0 saturated heterocycles. The number of hydrogen-bond acceptors (Lipinski definition) is 4. The number of carbonyl (C=O) groups is 1. The fourth-order valence-electron chi connectivity index (χ4n) is 2.84. The van der Waals surface area contributed by atoms with Crippen LogP contribution in [0.1, 0.15) is 17.0 Å². The van der Waals surface area contributed by atoms with E-state index in [-0.39, 0.29) is 5.78 Å². The molecule has 4 nitrogen and oxygen atoms in total. The van der Waals surface area contributed by atoms with Crippen molar-refractivity contribution in [2.24, 2.45) is 0 Å². The summed E-state index contributed by atoms with van der Waals surface area (Å²) in [5, 5.41) is 4.85. The largest absolute Gasteiger partial charge is 0.457 e. The van der Waals surface area contributed by atoms with Crippen LogP contribution in [0, 0.1) is 0 Å². The van der Waals surface area contributed by atoms with Gasteiger partial charge in [0.1, 0.15) is 17.1 Å². The molecule has 0 fully saturated rings. The molecule has 28 heavy (non-hydrogen) atoms. The number of ether oxygens (including phenoxy) is 1. The van der Waals surface area contributed by atoms with Gasteiger partial charge in [-0.3, -0.25) is 4.79 Å². The highest BCUT2D eigenvalue weighted by atomic mass is 35.5. The average Bonchev–Trinajstić information content (AvgIpc) is 3.15. The molecular formula is C23H18ClNO3. The van der Waals surface area contributed by atoms with E-state index in [9.17, 15) is 4.79 Å². The van der Waals surface area contributed by atoms with Crippen molar-refractivity contribution in [3.8, 4) is 11.5 Å². The lowest BCUT2D eigenvalue weighted by Crippen LogP contribution is -2.08. The van der Waals surface area contributed by atoms with Gasteiger partial charge in [0.25, 0.3) is 0 Å². The van der Waals surface area contributed by atoms with Crippen molar-refractivity contribution in [1.29, 1.82) is 0 Å². The van der Waals surface area contributed by atoms with Crippen LogP contribution in [0.2, 0.25) is 5.02 Å². The number of ketones is 1. The first-order chi connectivity index (χ1) is 13.7. The van der Waals surface area contributed by atoms with E-state index in [0.717, 1.165) is 28.2 Å². The van der Waals surface area contributed by atoms with Gasteiger partial charge in [0, 0.05) is 29.1 Å². The molecule has 140 valence electrons. The first kappa shape index (κ1) is 18.1. The Morgan fingerprint density at radius 2 is 1.61 bits per heavy atom. The SMILES string of the molecule is O=C(CCNc1ccc(Oc2ccc(Cl)cc2)cc1)c1cc2ccccc2o1. The Morgan fingerprint density at radius 3 is 2.32 bits per heavy atom. The fourth-order valence-corrected chi connectivity index (χ4v) is 2.97. The summed E-state index contributed by atoms with van der Waals surface area (Å²) in [7, 11) is 0. The van der Waals surface area contributed by atoms with Crippen molar-refractivity contribution in [2.45, 2.75) is 6.42 Å². The fraction of sp³-hybridized carbons (Fsp3) is 0.0870. The first-order valence-electron chi connectivity index (χ1n) is 8.96. The zero-order valence-electron chi connectivity index (χ0n) is 15.0. The standard InChI is InChI=1S/C23H18ClNO3/c24-17-5-9-19(10-6-17)27-20-11-7-18(8-12-20)25-14-13-21(26)23-15-16-3-1-2-4-22(16)28-23/h1-12,15,25H,13-14H2. The van der Waals surface area contributed by atoms with Gasteiger partial charge >= 0.3 is 0 Å². The lowest BCUT2D eigenvalue weighted by Gasteiger charge is -2.08. The van der Waals surface area contributed by atoms with E-state index in [1.807, 2.05) is 60.7 Å². The number of anilines is 1. The van der Waals surface area contributed by atoms with Crippen LogP contribution in [0.15, 0.2) is 83.3 Å². The molecular weight excluding hydrogens is 374 g/mol. The monoisotopic (exact) mass is 391 g/mol. The van der Waals surface area contributed by atoms with Crippen LogP contribution in [0.5, 0.6) is 11.5 Å². The number of nitrogens with one attached hydrogen (secondary N) is 1. The summed E-state index contributed by atoms with van der Waals surface area (Å²) < 4.78 is 11.4. The van der Waals surface area contributed by atoms with Crippen molar-refractivity contribution >= 4 is 34.0 Å². The van der Waals surface area contributed by atoms with Crippen LogP contribution < -0.4 is 10.1 Å². The molecule has 0 atom stereocenters. The molecule has 0 radical (unpaired) electrons. The molecule has 4 aromatic rings. The van der Waals surface area contributed by atoms with Crippen LogP contribution in [0.4, 0.5) is 5.69 Å². The molecule has 1 heterocycles. The summed E-state index contributed by atoms with van der Waals surface area (Å²) in [6.45, 7) is 0.521. The molecule has 5 heteroatoms. The molecule has 0 aliphatic rings. The number of rotatable bonds is 7. The Bertz CT molecular complexity index is 1050. The summed E-state index contributed by atoms with van der Waals surface area (Å²) >= 11 is 5.87. The van der Waals surface area contributed by atoms with Crippen molar-refractivity contribution in [2.75, 3.05) is 11.9 Å². The Morgan fingerprint density at radius 1 is 0.929 bits per heavy atom. The topological polar surface area (TPSA) is 51.5 Å². The van der Waals surface area contributed by atoms with Crippen LogP contribution in [-0.2, 0) is 0 Å². The number of halogens is 1. The third kappa shape index (κ3) is 4.35. The molecule has 1 N–H and O–H groups in total. The van der Waals surface area contributed by atoms with E-state index in [4.69, 9.17) is 20.8 Å². The number of Topliss-reactive ketones (excluding diaryl/α,β-unsaturated/α-hetero) is 1. The highest BCUT2D eigenvalue weighted by molar-refractivity contribution is 6.30. The third-order valence-corrected chi connectivity index (χ3v) is 4.54. The summed E-state index contributed by atoms with van der Waals surface area (Å²) in [4.78, 5) is 12.3. The predicted octanol–water partition coefficient (Wildman–Crippen LogP) is 6.56. The van der Waals surface area contributed by atoms with E-state index < -0.39 is 0 Å². The van der Waals surface area contributed by atoms with Gasteiger partial charge in [-0.2, -0.15) is 0 Å². The molecule has 0 aliphatic heterocycles. The zero-order chi connectivity index (χ0) is 19.3. The lowest BCUT2D eigenvalue weighted by molar-refractivity contribution is 0.0962. The molecule has 0 saturated carbocycles. The van der Waals surface area contributed by atoms with Gasteiger partial charge in [-0.05, 0) is 60.7 Å².